The molecule has 0 radical (unpaired) electrons. The molecule has 1 amide bonds. The van der Waals surface area contributed by atoms with Crippen LogP contribution < -0.4 is 0 Å². The highest BCUT2D eigenvalue weighted by molar-refractivity contribution is 5.94. The number of rotatable bonds is 4. The van der Waals surface area contributed by atoms with Crippen LogP contribution in [0.1, 0.15) is 40.2 Å². The number of nitrogens with zero attached hydrogens (tertiary/aromatic N) is 3. The summed E-state index contributed by atoms with van der Waals surface area (Å²) in [5, 5.41) is 13.8. The molecule has 1 fully saturated rings. The summed E-state index contributed by atoms with van der Waals surface area (Å²) in [6.07, 6.45) is 1.85. The second kappa shape index (κ2) is 6.54. The van der Waals surface area contributed by atoms with E-state index in [1.165, 1.54) is 0 Å². The van der Waals surface area contributed by atoms with Crippen LogP contribution in [0, 0.1) is 13.8 Å². The number of aliphatic hydroxyl groups excluding tert-OH is 1. The Bertz CT molecular complexity index is 691. The van der Waals surface area contributed by atoms with E-state index in [2.05, 4.69) is 11.2 Å². The van der Waals surface area contributed by atoms with Gasteiger partial charge >= 0.3 is 0 Å². The Morgan fingerprint density at radius 1 is 1.30 bits per heavy atom. The van der Waals surface area contributed by atoms with Crippen molar-refractivity contribution in [2.24, 2.45) is 0 Å². The number of carbonyl (C=O) groups excluding carboxylic acids is 1. The monoisotopic (exact) mass is 313 g/mol. The number of amides is 1. The van der Waals surface area contributed by atoms with Crippen molar-refractivity contribution in [3.63, 3.8) is 0 Å². The van der Waals surface area contributed by atoms with Crippen LogP contribution in [-0.4, -0.2) is 44.9 Å². The largest absolute Gasteiger partial charge is 0.394 e. The van der Waals surface area contributed by atoms with Gasteiger partial charge in [0.25, 0.3) is 5.91 Å². The first-order valence-corrected chi connectivity index (χ1v) is 8.10. The number of hydrogen-bond donors (Lipinski definition) is 1. The predicted molar refractivity (Wildman–Crippen MR) is 88.4 cm³/mol. The highest BCUT2D eigenvalue weighted by Crippen LogP contribution is 2.20. The Hall–Kier alpha value is -2.14. The van der Waals surface area contributed by atoms with Crippen molar-refractivity contribution in [1.29, 1.82) is 0 Å². The normalized spacial score (nSPS) is 17.7. The highest BCUT2D eigenvalue weighted by Gasteiger charge is 2.28. The highest BCUT2D eigenvalue weighted by atomic mass is 16.3. The summed E-state index contributed by atoms with van der Waals surface area (Å²) in [7, 11) is 0. The van der Waals surface area contributed by atoms with E-state index in [9.17, 15) is 9.90 Å². The summed E-state index contributed by atoms with van der Waals surface area (Å²) in [5.74, 6) is 0.0132. The van der Waals surface area contributed by atoms with Gasteiger partial charge < -0.3 is 10.0 Å². The molecule has 0 saturated carbocycles. The Labute approximate surface area is 136 Å². The van der Waals surface area contributed by atoms with Crippen molar-refractivity contribution < 1.29 is 9.90 Å². The van der Waals surface area contributed by atoms with Gasteiger partial charge in [0.1, 0.15) is 0 Å². The third-order valence-electron chi connectivity index (χ3n) is 4.49. The summed E-state index contributed by atoms with van der Waals surface area (Å²) in [5.41, 5.74) is 3.94. The smallest absolute Gasteiger partial charge is 0.254 e. The maximum absolute atomic E-state index is 12.5. The van der Waals surface area contributed by atoms with Crippen molar-refractivity contribution in [2.45, 2.75) is 39.3 Å². The zero-order chi connectivity index (χ0) is 16.4. The lowest BCUT2D eigenvalue weighted by molar-refractivity contribution is 0.0677. The van der Waals surface area contributed by atoms with E-state index in [0.717, 1.165) is 36.3 Å². The van der Waals surface area contributed by atoms with Crippen LogP contribution in [0.15, 0.2) is 30.3 Å². The molecule has 2 aromatic rings. The van der Waals surface area contributed by atoms with Gasteiger partial charge in [0.15, 0.2) is 0 Å². The summed E-state index contributed by atoms with van der Waals surface area (Å²) in [4.78, 5) is 14.3. The van der Waals surface area contributed by atoms with E-state index in [4.69, 9.17) is 0 Å². The minimum Gasteiger partial charge on any atom is -0.394 e. The number of likely N-dealkylation sites (tertiary alicyclic amines) is 1. The molecule has 1 unspecified atom stereocenters. The molecular weight excluding hydrogens is 290 g/mol. The molecule has 1 N–H and O–H groups in total. The molecule has 2 heterocycles. The van der Waals surface area contributed by atoms with Crippen molar-refractivity contribution in [3.05, 3.63) is 52.8 Å². The molecule has 0 aliphatic carbocycles. The quantitative estimate of drug-likeness (QED) is 0.941. The summed E-state index contributed by atoms with van der Waals surface area (Å²) < 4.78 is 1.97. The van der Waals surface area contributed by atoms with Gasteiger partial charge in [-0.2, -0.15) is 5.10 Å². The molecule has 5 nitrogen and oxygen atoms in total. The average Bonchev–Trinajstić information content (AvgIpc) is 3.14. The number of hydrogen-bond acceptors (Lipinski definition) is 3. The van der Waals surface area contributed by atoms with E-state index in [1.807, 2.05) is 42.8 Å². The summed E-state index contributed by atoms with van der Waals surface area (Å²) in [6, 6.07) is 9.73. The number of aromatic nitrogens is 2. The number of carbonyl (C=O) groups is 1. The minimum atomic E-state index is -0.0307. The lowest BCUT2D eigenvalue weighted by Crippen LogP contribution is -2.37. The molecule has 5 heteroatoms. The first-order chi connectivity index (χ1) is 11.1. The zero-order valence-electron chi connectivity index (χ0n) is 13.7. The standard InChI is InChI=1S/C18H23N3O2/c1-13-10-14(2)21(19-13)11-15-5-7-16(8-6-15)18(23)20-9-3-4-17(20)12-22/h5-8,10,17,22H,3-4,9,11-12H2,1-2H3. The Balaban J connectivity index is 1.72. The molecule has 1 aromatic carbocycles. The molecule has 1 aliphatic heterocycles. The minimum absolute atomic E-state index is 0.0132. The summed E-state index contributed by atoms with van der Waals surface area (Å²) in [6.45, 7) is 5.51. The van der Waals surface area contributed by atoms with Gasteiger partial charge in [-0.3, -0.25) is 9.48 Å². The van der Waals surface area contributed by atoms with Crippen LogP contribution in [0.4, 0.5) is 0 Å². The topological polar surface area (TPSA) is 58.4 Å². The molecule has 122 valence electrons. The zero-order valence-corrected chi connectivity index (χ0v) is 13.7. The SMILES string of the molecule is Cc1cc(C)n(Cc2ccc(C(=O)N3CCCC3CO)cc2)n1. The third-order valence-corrected chi connectivity index (χ3v) is 4.49. The molecule has 23 heavy (non-hydrogen) atoms. The van der Waals surface area contributed by atoms with Gasteiger partial charge in [0, 0.05) is 17.8 Å². The maximum atomic E-state index is 12.5. The Kier molecular flexibility index (Phi) is 4.48. The Morgan fingerprint density at radius 3 is 2.65 bits per heavy atom. The van der Waals surface area contributed by atoms with Gasteiger partial charge in [0.2, 0.25) is 0 Å². The number of aryl methyl sites for hydroxylation is 2. The third kappa shape index (κ3) is 3.29. The lowest BCUT2D eigenvalue weighted by atomic mass is 10.1. The van der Waals surface area contributed by atoms with E-state index >= 15 is 0 Å². The van der Waals surface area contributed by atoms with E-state index in [1.54, 1.807) is 4.90 Å². The van der Waals surface area contributed by atoms with Crippen molar-refractivity contribution in [3.8, 4) is 0 Å². The van der Waals surface area contributed by atoms with Gasteiger partial charge in [-0.05, 0) is 50.5 Å². The second-order valence-electron chi connectivity index (χ2n) is 6.26. The first kappa shape index (κ1) is 15.7. The predicted octanol–water partition coefficient (Wildman–Crippen LogP) is 2.15. The number of benzene rings is 1. The first-order valence-electron chi connectivity index (χ1n) is 8.10. The molecule has 1 atom stereocenters. The maximum Gasteiger partial charge on any atom is 0.254 e. The van der Waals surface area contributed by atoms with Crippen LogP contribution in [0.2, 0.25) is 0 Å². The fourth-order valence-corrected chi connectivity index (χ4v) is 3.22. The molecule has 1 aromatic heterocycles. The van der Waals surface area contributed by atoms with Crippen molar-refractivity contribution in [2.75, 3.05) is 13.2 Å². The van der Waals surface area contributed by atoms with Crippen LogP contribution >= 0.6 is 0 Å². The van der Waals surface area contributed by atoms with Crippen LogP contribution in [0.3, 0.4) is 0 Å². The molecule has 0 spiro atoms. The summed E-state index contributed by atoms with van der Waals surface area (Å²) >= 11 is 0. The Morgan fingerprint density at radius 2 is 2.04 bits per heavy atom. The van der Waals surface area contributed by atoms with Gasteiger partial charge in [-0.15, -0.1) is 0 Å². The van der Waals surface area contributed by atoms with Gasteiger partial charge in [0.05, 0.1) is 24.9 Å². The fourth-order valence-electron chi connectivity index (χ4n) is 3.22. The van der Waals surface area contributed by atoms with Crippen LogP contribution in [0.5, 0.6) is 0 Å². The van der Waals surface area contributed by atoms with E-state index in [0.29, 0.717) is 12.1 Å². The van der Waals surface area contributed by atoms with Gasteiger partial charge in [-0.25, -0.2) is 0 Å². The average molecular weight is 313 g/mol. The molecular formula is C18H23N3O2. The van der Waals surface area contributed by atoms with Crippen molar-refractivity contribution >= 4 is 5.91 Å². The van der Waals surface area contributed by atoms with Gasteiger partial charge in [-0.1, -0.05) is 12.1 Å². The van der Waals surface area contributed by atoms with Crippen LogP contribution in [0.25, 0.3) is 0 Å². The van der Waals surface area contributed by atoms with E-state index < -0.39 is 0 Å². The second-order valence-corrected chi connectivity index (χ2v) is 6.26. The molecule has 1 saturated heterocycles. The fraction of sp³-hybridized carbons (Fsp3) is 0.444. The molecule has 3 rings (SSSR count). The lowest BCUT2D eigenvalue weighted by Gasteiger charge is -2.23. The molecule has 1 aliphatic rings. The van der Waals surface area contributed by atoms with E-state index in [-0.39, 0.29) is 18.6 Å². The number of aliphatic hydroxyl groups is 1. The molecule has 0 bridgehead atoms. The van der Waals surface area contributed by atoms with Crippen molar-refractivity contribution in [1.82, 2.24) is 14.7 Å². The van der Waals surface area contributed by atoms with Crippen LogP contribution in [-0.2, 0) is 6.54 Å².